The molecule has 2 atom stereocenters. The van der Waals surface area contributed by atoms with E-state index in [0.29, 0.717) is 18.8 Å². The first-order valence-corrected chi connectivity index (χ1v) is 7.39. The lowest BCUT2D eigenvalue weighted by Gasteiger charge is -2.38. The number of rotatable bonds is 3. The lowest BCUT2D eigenvalue weighted by molar-refractivity contribution is -0.107. The molecular formula is C16H19N5O2. The molecule has 1 amide bonds. The SMILES string of the molecule is CC1(c2cccc(NC(=O)c3cnccn3)c2)CNCC(N)O1. The standard InChI is InChI=1S/C16H19N5O2/c1-16(10-19-9-14(17)23-16)11-3-2-4-12(7-11)21-15(22)13-8-18-5-6-20-13/h2-8,14,19H,9-10,17H2,1H3,(H,21,22). The lowest BCUT2D eigenvalue weighted by Crippen LogP contribution is -2.53. The summed E-state index contributed by atoms with van der Waals surface area (Å²) in [5.41, 5.74) is 7.21. The van der Waals surface area contributed by atoms with E-state index >= 15 is 0 Å². The third-order valence-electron chi connectivity index (χ3n) is 3.75. The van der Waals surface area contributed by atoms with Crippen LogP contribution in [0.5, 0.6) is 0 Å². The van der Waals surface area contributed by atoms with Crippen LogP contribution in [0, 0.1) is 0 Å². The fraction of sp³-hybridized carbons (Fsp3) is 0.312. The average molecular weight is 313 g/mol. The maximum atomic E-state index is 12.2. The first kappa shape index (κ1) is 15.5. The average Bonchev–Trinajstić information content (AvgIpc) is 2.56. The third-order valence-corrected chi connectivity index (χ3v) is 3.75. The van der Waals surface area contributed by atoms with Crippen molar-refractivity contribution in [3.05, 3.63) is 54.1 Å². The molecule has 120 valence electrons. The number of nitrogens with zero attached hydrogens (tertiary/aromatic N) is 2. The van der Waals surface area contributed by atoms with Gasteiger partial charge in [-0.25, -0.2) is 4.98 Å². The second-order valence-electron chi connectivity index (χ2n) is 5.64. The summed E-state index contributed by atoms with van der Waals surface area (Å²) in [6.45, 7) is 3.25. The summed E-state index contributed by atoms with van der Waals surface area (Å²) in [5, 5.41) is 6.07. The summed E-state index contributed by atoms with van der Waals surface area (Å²) in [7, 11) is 0. The molecule has 1 aliphatic rings. The highest BCUT2D eigenvalue weighted by molar-refractivity contribution is 6.02. The Hall–Kier alpha value is -2.35. The van der Waals surface area contributed by atoms with E-state index in [1.807, 2.05) is 31.2 Å². The molecule has 2 unspecified atom stereocenters. The van der Waals surface area contributed by atoms with E-state index in [0.717, 1.165) is 5.56 Å². The molecule has 0 aliphatic carbocycles. The van der Waals surface area contributed by atoms with Crippen molar-refractivity contribution in [1.29, 1.82) is 0 Å². The quantitative estimate of drug-likeness (QED) is 0.776. The Labute approximate surface area is 134 Å². The highest BCUT2D eigenvalue weighted by Gasteiger charge is 2.33. The van der Waals surface area contributed by atoms with Crippen LogP contribution in [0.2, 0.25) is 0 Å². The number of ether oxygens (including phenoxy) is 1. The Morgan fingerprint density at radius 2 is 2.35 bits per heavy atom. The van der Waals surface area contributed by atoms with Crippen LogP contribution in [0.25, 0.3) is 0 Å². The maximum Gasteiger partial charge on any atom is 0.275 e. The van der Waals surface area contributed by atoms with E-state index in [1.165, 1.54) is 18.6 Å². The predicted octanol–water partition coefficient (Wildman–Crippen LogP) is 0.849. The van der Waals surface area contributed by atoms with Gasteiger partial charge < -0.3 is 21.1 Å². The summed E-state index contributed by atoms with van der Waals surface area (Å²) in [6, 6.07) is 7.53. The molecule has 2 aromatic rings. The van der Waals surface area contributed by atoms with E-state index in [1.54, 1.807) is 0 Å². The number of carbonyl (C=O) groups excluding carboxylic acids is 1. The monoisotopic (exact) mass is 313 g/mol. The number of hydrogen-bond acceptors (Lipinski definition) is 6. The predicted molar refractivity (Wildman–Crippen MR) is 85.7 cm³/mol. The van der Waals surface area contributed by atoms with Crippen LogP contribution in [0.3, 0.4) is 0 Å². The molecule has 7 heteroatoms. The number of morpholine rings is 1. The molecular weight excluding hydrogens is 294 g/mol. The molecule has 23 heavy (non-hydrogen) atoms. The summed E-state index contributed by atoms with van der Waals surface area (Å²) in [5.74, 6) is -0.306. The summed E-state index contributed by atoms with van der Waals surface area (Å²) >= 11 is 0. The van der Waals surface area contributed by atoms with Gasteiger partial charge in [0.05, 0.1) is 6.20 Å². The second-order valence-corrected chi connectivity index (χ2v) is 5.64. The Kier molecular flexibility index (Phi) is 4.33. The number of anilines is 1. The molecule has 1 fully saturated rings. The van der Waals surface area contributed by atoms with E-state index < -0.39 is 5.60 Å². The van der Waals surface area contributed by atoms with Gasteiger partial charge in [-0.15, -0.1) is 0 Å². The van der Waals surface area contributed by atoms with Crippen molar-refractivity contribution in [3.63, 3.8) is 0 Å². The Morgan fingerprint density at radius 1 is 1.48 bits per heavy atom. The maximum absolute atomic E-state index is 12.2. The molecule has 0 bridgehead atoms. The summed E-state index contributed by atoms with van der Waals surface area (Å²) < 4.78 is 5.88. The normalized spacial score (nSPS) is 24.2. The van der Waals surface area contributed by atoms with Gasteiger partial charge >= 0.3 is 0 Å². The zero-order valence-corrected chi connectivity index (χ0v) is 12.8. The van der Waals surface area contributed by atoms with Crippen molar-refractivity contribution in [1.82, 2.24) is 15.3 Å². The van der Waals surface area contributed by atoms with Gasteiger partial charge in [0, 0.05) is 31.2 Å². The molecule has 1 aromatic carbocycles. The van der Waals surface area contributed by atoms with Crippen LogP contribution in [0.4, 0.5) is 5.69 Å². The number of hydrogen-bond donors (Lipinski definition) is 3. The smallest absolute Gasteiger partial charge is 0.275 e. The van der Waals surface area contributed by atoms with Gasteiger partial charge in [-0.3, -0.25) is 9.78 Å². The van der Waals surface area contributed by atoms with Crippen molar-refractivity contribution >= 4 is 11.6 Å². The Bertz CT molecular complexity index is 694. The first-order valence-electron chi connectivity index (χ1n) is 7.39. The molecule has 0 saturated carbocycles. The van der Waals surface area contributed by atoms with Crippen LogP contribution in [-0.2, 0) is 10.3 Å². The molecule has 4 N–H and O–H groups in total. The fourth-order valence-electron chi connectivity index (χ4n) is 2.58. The highest BCUT2D eigenvalue weighted by Crippen LogP contribution is 2.29. The Morgan fingerprint density at radius 3 is 3.09 bits per heavy atom. The second kappa shape index (κ2) is 6.41. The van der Waals surface area contributed by atoms with Crippen molar-refractivity contribution in [2.45, 2.75) is 18.8 Å². The molecule has 0 spiro atoms. The Balaban J connectivity index is 1.79. The van der Waals surface area contributed by atoms with Crippen LogP contribution in [0.1, 0.15) is 23.0 Å². The zero-order chi connectivity index (χ0) is 16.3. The molecule has 1 aromatic heterocycles. The van der Waals surface area contributed by atoms with E-state index in [4.69, 9.17) is 10.5 Å². The number of benzene rings is 1. The minimum Gasteiger partial charge on any atom is -0.350 e. The van der Waals surface area contributed by atoms with Gasteiger partial charge in [-0.05, 0) is 24.6 Å². The van der Waals surface area contributed by atoms with Gasteiger partial charge in [0.25, 0.3) is 5.91 Å². The minimum absolute atomic E-state index is 0.265. The molecule has 7 nitrogen and oxygen atoms in total. The fourth-order valence-corrected chi connectivity index (χ4v) is 2.58. The van der Waals surface area contributed by atoms with Crippen molar-refractivity contribution < 1.29 is 9.53 Å². The van der Waals surface area contributed by atoms with Crippen LogP contribution >= 0.6 is 0 Å². The summed E-state index contributed by atoms with van der Waals surface area (Å²) in [4.78, 5) is 20.0. The zero-order valence-electron chi connectivity index (χ0n) is 12.8. The lowest BCUT2D eigenvalue weighted by atomic mass is 9.94. The van der Waals surface area contributed by atoms with E-state index in [2.05, 4.69) is 20.6 Å². The number of nitrogens with two attached hydrogens (primary N) is 1. The van der Waals surface area contributed by atoms with Gasteiger partial charge in [-0.1, -0.05) is 12.1 Å². The molecule has 0 radical (unpaired) electrons. The van der Waals surface area contributed by atoms with Crippen molar-refractivity contribution in [2.24, 2.45) is 5.73 Å². The largest absolute Gasteiger partial charge is 0.350 e. The van der Waals surface area contributed by atoms with Gasteiger partial charge in [-0.2, -0.15) is 0 Å². The third kappa shape index (κ3) is 3.53. The topological polar surface area (TPSA) is 102 Å². The van der Waals surface area contributed by atoms with Crippen molar-refractivity contribution in [2.75, 3.05) is 18.4 Å². The van der Waals surface area contributed by atoms with Gasteiger partial charge in [0.2, 0.25) is 0 Å². The number of amides is 1. The minimum atomic E-state index is -0.537. The molecule has 1 aliphatic heterocycles. The van der Waals surface area contributed by atoms with Crippen LogP contribution < -0.4 is 16.4 Å². The molecule has 1 saturated heterocycles. The van der Waals surface area contributed by atoms with Crippen molar-refractivity contribution in [3.8, 4) is 0 Å². The van der Waals surface area contributed by atoms with Crippen LogP contribution in [-0.4, -0.2) is 35.2 Å². The van der Waals surface area contributed by atoms with Gasteiger partial charge in [0.15, 0.2) is 0 Å². The first-order chi connectivity index (χ1) is 11.1. The highest BCUT2D eigenvalue weighted by atomic mass is 16.5. The number of carbonyl (C=O) groups is 1. The van der Waals surface area contributed by atoms with E-state index in [9.17, 15) is 4.79 Å². The van der Waals surface area contributed by atoms with Crippen LogP contribution in [0.15, 0.2) is 42.9 Å². The van der Waals surface area contributed by atoms with Gasteiger partial charge in [0.1, 0.15) is 17.5 Å². The molecule has 2 heterocycles. The molecule has 3 rings (SSSR count). The number of aromatic nitrogens is 2. The summed E-state index contributed by atoms with van der Waals surface area (Å²) in [6.07, 6.45) is 4.07. The van der Waals surface area contributed by atoms with E-state index in [-0.39, 0.29) is 17.8 Å². The number of nitrogens with one attached hydrogen (secondary N) is 2.